The van der Waals surface area contributed by atoms with Gasteiger partial charge in [0, 0.05) is 18.4 Å². The molecule has 80 valence electrons. The molecule has 0 amide bonds. The van der Waals surface area contributed by atoms with E-state index in [2.05, 4.69) is 5.32 Å². The molecular formula is C9H13F2NO2. The van der Waals surface area contributed by atoms with E-state index in [4.69, 9.17) is 5.11 Å². The Morgan fingerprint density at radius 1 is 1.29 bits per heavy atom. The average molecular weight is 205 g/mol. The summed E-state index contributed by atoms with van der Waals surface area (Å²) in [5.74, 6) is -3.42. The second kappa shape index (κ2) is 2.89. The number of carboxylic acid groups (broad SMARTS) is 1. The Morgan fingerprint density at radius 3 is 2.21 bits per heavy atom. The number of carbonyl (C=O) groups is 1. The molecule has 1 unspecified atom stereocenters. The molecule has 2 N–H and O–H groups in total. The van der Waals surface area contributed by atoms with Gasteiger partial charge in [-0.15, -0.1) is 0 Å². The third kappa shape index (κ3) is 1.61. The van der Waals surface area contributed by atoms with E-state index in [-0.39, 0.29) is 18.4 Å². The van der Waals surface area contributed by atoms with Crippen molar-refractivity contribution in [2.75, 3.05) is 0 Å². The molecule has 2 aliphatic rings. The van der Waals surface area contributed by atoms with Crippen LogP contribution in [0.3, 0.4) is 0 Å². The fourth-order valence-electron chi connectivity index (χ4n) is 2.33. The summed E-state index contributed by atoms with van der Waals surface area (Å²) in [7, 11) is 0. The lowest BCUT2D eigenvalue weighted by Crippen LogP contribution is -2.67. The van der Waals surface area contributed by atoms with Crippen LogP contribution in [0.4, 0.5) is 8.78 Å². The van der Waals surface area contributed by atoms with Crippen molar-refractivity contribution < 1.29 is 18.7 Å². The van der Waals surface area contributed by atoms with Gasteiger partial charge in [-0.05, 0) is 19.3 Å². The first-order chi connectivity index (χ1) is 6.43. The number of alkyl halides is 2. The molecule has 0 bridgehead atoms. The van der Waals surface area contributed by atoms with E-state index >= 15 is 0 Å². The topological polar surface area (TPSA) is 49.3 Å². The molecule has 1 spiro atoms. The quantitative estimate of drug-likeness (QED) is 0.680. The summed E-state index contributed by atoms with van der Waals surface area (Å²) in [6, 6.07) is -0.526. The van der Waals surface area contributed by atoms with Crippen LogP contribution < -0.4 is 5.32 Å². The van der Waals surface area contributed by atoms with Crippen molar-refractivity contribution in [2.45, 2.75) is 49.6 Å². The lowest BCUT2D eigenvalue weighted by atomic mass is 9.70. The van der Waals surface area contributed by atoms with Crippen LogP contribution in [0.25, 0.3) is 0 Å². The Morgan fingerprint density at radius 2 is 1.79 bits per heavy atom. The van der Waals surface area contributed by atoms with E-state index in [1.807, 2.05) is 0 Å². The monoisotopic (exact) mass is 205 g/mol. The van der Waals surface area contributed by atoms with Crippen molar-refractivity contribution >= 4 is 5.97 Å². The predicted octanol–water partition coefficient (Wildman–Crippen LogP) is 1.38. The van der Waals surface area contributed by atoms with E-state index < -0.39 is 17.9 Å². The van der Waals surface area contributed by atoms with Crippen LogP contribution in [0.15, 0.2) is 0 Å². The zero-order valence-corrected chi connectivity index (χ0v) is 7.72. The summed E-state index contributed by atoms with van der Waals surface area (Å²) < 4.78 is 25.6. The highest BCUT2D eigenvalue weighted by atomic mass is 19.3. The normalized spacial score (nSPS) is 33.7. The second-order valence-corrected chi connectivity index (χ2v) is 4.38. The molecule has 2 fully saturated rings. The number of hydrogen-bond donors (Lipinski definition) is 2. The van der Waals surface area contributed by atoms with Crippen LogP contribution in [-0.2, 0) is 4.79 Å². The van der Waals surface area contributed by atoms with Gasteiger partial charge < -0.3 is 5.11 Å². The van der Waals surface area contributed by atoms with Crippen LogP contribution >= 0.6 is 0 Å². The number of rotatable bonds is 1. The Kier molecular flexibility index (Phi) is 2.03. The van der Waals surface area contributed by atoms with Crippen molar-refractivity contribution in [3.8, 4) is 0 Å². The fraction of sp³-hybridized carbons (Fsp3) is 0.889. The summed E-state index contributed by atoms with van der Waals surface area (Å²) in [5.41, 5.74) is -0.301. The number of halogens is 2. The molecule has 1 saturated carbocycles. The Bertz CT molecular complexity index is 250. The molecule has 3 nitrogen and oxygen atoms in total. The minimum atomic E-state index is -2.54. The minimum Gasteiger partial charge on any atom is -0.480 e. The van der Waals surface area contributed by atoms with Crippen LogP contribution in [0.2, 0.25) is 0 Å². The van der Waals surface area contributed by atoms with E-state index in [9.17, 15) is 13.6 Å². The Labute approximate surface area is 80.5 Å². The van der Waals surface area contributed by atoms with Gasteiger partial charge in [-0.3, -0.25) is 10.1 Å². The molecule has 0 aromatic rings. The van der Waals surface area contributed by atoms with E-state index in [0.717, 1.165) is 0 Å². The molecule has 0 radical (unpaired) electrons. The fourth-order valence-corrected chi connectivity index (χ4v) is 2.33. The molecule has 5 heteroatoms. The molecule has 1 saturated heterocycles. The highest BCUT2D eigenvalue weighted by Crippen LogP contribution is 2.44. The van der Waals surface area contributed by atoms with Gasteiger partial charge in [0.15, 0.2) is 0 Å². The van der Waals surface area contributed by atoms with Gasteiger partial charge in [-0.25, -0.2) is 8.78 Å². The molecule has 14 heavy (non-hydrogen) atoms. The van der Waals surface area contributed by atoms with Crippen LogP contribution in [0, 0.1) is 0 Å². The highest BCUT2D eigenvalue weighted by Gasteiger charge is 2.51. The predicted molar refractivity (Wildman–Crippen MR) is 45.3 cm³/mol. The zero-order chi connectivity index (χ0) is 10.4. The molecule has 1 aliphatic heterocycles. The Balaban J connectivity index is 1.89. The number of aliphatic carboxylic acids is 1. The summed E-state index contributed by atoms with van der Waals surface area (Å²) in [6.45, 7) is 0. The molecule has 1 heterocycles. The van der Waals surface area contributed by atoms with Crippen LogP contribution in [0.1, 0.15) is 32.1 Å². The SMILES string of the molecule is O=C(O)C1CC2(CCC(F)(F)CC2)N1. The van der Waals surface area contributed by atoms with Crippen molar-refractivity contribution in [1.82, 2.24) is 5.32 Å². The third-order valence-electron chi connectivity index (χ3n) is 3.31. The van der Waals surface area contributed by atoms with Gasteiger partial charge in [0.05, 0.1) is 0 Å². The van der Waals surface area contributed by atoms with Crippen molar-refractivity contribution in [1.29, 1.82) is 0 Å². The van der Waals surface area contributed by atoms with Crippen molar-refractivity contribution in [2.24, 2.45) is 0 Å². The Hall–Kier alpha value is -0.710. The minimum absolute atomic E-state index is 0.119. The molecule has 1 atom stereocenters. The van der Waals surface area contributed by atoms with Gasteiger partial charge in [0.2, 0.25) is 5.92 Å². The molecule has 1 aliphatic carbocycles. The van der Waals surface area contributed by atoms with E-state index in [1.54, 1.807) is 0 Å². The lowest BCUT2D eigenvalue weighted by molar-refractivity contribution is -0.147. The first-order valence-corrected chi connectivity index (χ1v) is 4.81. The number of nitrogens with one attached hydrogen (secondary N) is 1. The van der Waals surface area contributed by atoms with Crippen LogP contribution in [0.5, 0.6) is 0 Å². The maximum atomic E-state index is 12.8. The van der Waals surface area contributed by atoms with Crippen LogP contribution in [-0.4, -0.2) is 28.6 Å². The number of carboxylic acids is 1. The summed E-state index contributed by atoms with van der Waals surface area (Å²) >= 11 is 0. The van der Waals surface area contributed by atoms with Gasteiger partial charge >= 0.3 is 5.97 Å². The van der Waals surface area contributed by atoms with E-state index in [1.165, 1.54) is 0 Å². The first-order valence-electron chi connectivity index (χ1n) is 4.81. The lowest BCUT2D eigenvalue weighted by Gasteiger charge is -2.51. The van der Waals surface area contributed by atoms with Gasteiger partial charge in [-0.2, -0.15) is 0 Å². The first kappa shape index (κ1) is 9.83. The molecule has 2 rings (SSSR count). The third-order valence-corrected chi connectivity index (χ3v) is 3.31. The molecule has 0 aromatic carbocycles. The largest absolute Gasteiger partial charge is 0.480 e. The van der Waals surface area contributed by atoms with Gasteiger partial charge in [0.25, 0.3) is 0 Å². The maximum absolute atomic E-state index is 12.8. The summed E-state index contributed by atoms with van der Waals surface area (Å²) in [5, 5.41) is 11.5. The second-order valence-electron chi connectivity index (χ2n) is 4.38. The molecular weight excluding hydrogens is 192 g/mol. The summed E-state index contributed by atoms with van der Waals surface area (Å²) in [6.07, 6.45) is 1.05. The van der Waals surface area contributed by atoms with E-state index in [0.29, 0.717) is 19.3 Å². The van der Waals surface area contributed by atoms with Crippen molar-refractivity contribution in [3.63, 3.8) is 0 Å². The highest BCUT2D eigenvalue weighted by molar-refractivity contribution is 5.75. The van der Waals surface area contributed by atoms with Crippen molar-refractivity contribution in [3.05, 3.63) is 0 Å². The smallest absolute Gasteiger partial charge is 0.320 e. The van der Waals surface area contributed by atoms with Gasteiger partial charge in [-0.1, -0.05) is 0 Å². The zero-order valence-electron chi connectivity index (χ0n) is 7.72. The maximum Gasteiger partial charge on any atom is 0.320 e. The summed E-state index contributed by atoms with van der Waals surface area (Å²) in [4.78, 5) is 10.5. The van der Waals surface area contributed by atoms with Gasteiger partial charge in [0.1, 0.15) is 6.04 Å². The average Bonchev–Trinajstić information content (AvgIpc) is 2.00. The standard InChI is InChI=1S/C9H13F2NO2/c10-9(11)3-1-8(2-4-9)5-6(12-8)7(13)14/h6,12H,1-5H2,(H,13,14). The molecule has 0 aromatic heterocycles. The number of hydrogen-bond acceptors (Lipinski definition) is 2.